The van der Waals surface area contributed by atoms with Crippen LogP contribution in [0.5, 0.6) is 0 Å². The molecule has 132 valence electrons. The van der Waals surface area contributed by atoms with Crippen LogP contribution in [-0.2, 0) is 12.3 Å². The van der Waals surface area contributed by atoms with Crippen LogP contribution in [0.15, 0.2) is 48.6 Å². The summed E-state index contributed by atoms with van der Waals surface area (Å²) in [4.78, 5) is 2.20. The van der Waals surface area contributed by atoms with Gasteiger partial charge in [0.25, 0.3) is 0 Å². The molecule has 0 amide bonds. The quantitative estimate of drug-likeness (QED) is 0.793. The third-order valence-corrected chi connectivity index (χ3v) is 4.99. The Morgan fingerprint density at radius 2 is 1.96 bits per heavy atom. The van der Waals surface area contributed by atoms with E-state index in [9.17, 15) is 0 Å². The molecule has 3 rings (SSSR count). The number of benzene rings is 1. The van der Waals surface area contributed by atoms with Crippen LogP contribution in [-0.4, -0.2) is 28.3 Å². The van der Waals surface area contributed by atoms with Crippen LogP contribution in [0.25, 0.3) is 5.57 Å². The minimum atomic E-state index is -1.60. The average Bonchev–Trinajstić information content (AvgIpc) is 2.92. The van der Waals surface area contributed by atoms with E-state index in [4.69, 9.17) is 0 Å². The maximum atomic E-state index is 15.6. The minimum absolute atomic E-state index is 0.290. The van der Waals surface area contributed by atoms with Crippen LogP contribution < -0.4 is 0 Å². The lowest BCUT2D eigenvalue weighted by Gasteiger charge is -2.26. The fourth-order valence-corrected chi connectivity index (χ4v) is 3.26. The highest BCUT2D eigenvalue weighted by molar-refractivity contribution is 5.75. The molecule has 1 aliphatic rings. The third kappa shape index (κ3) is 3.45. The first kappa shape index (κ1) is 17.6. The zero-order chi connectivity index (χ0) is 18.0. The van der Waals surface area contributed by atoms with Gasteiger partial charge in [-0.25, -0.2) is 9.07 Å². The predicted octanol–water partition coefficient (Wildman–Crippen LogP) is 4.62. The molecule has 2 aromatic rings. The lowest BCUT2D eigenvalue weighted by Crippen LogP contribution is -2.29. The zero-order valence-corrected chi connectivity index (χ0v) is 15.5. The van der Waals surface area contributed by atoms with Crippen LogP contribution in [0.3, 0.4) is 0 Å². The van der Waals surface area contributed by atoms with Crippen molar-refractivity contribution in [3.8, 4) is 0 Å². The van der Waals surface area contributed by atoms with Gasteiger partial charge in [0.2, 0.25) is 5.79 Å². The number of hydrogen-bond acceptors (Lipinski definition) is 2. The van der Waals surface area contributed by atoms with Gasteiger partial charge in [0.15, 0.2) is 0 Å². The third-order valence-electron chi connectivity index (χ3n) is 4.99. The van der Waals surface area contributed by atoms with Gasteiger partial charge in [-0.3, -0.25) is 0 Å². The molecule has 1 aromatic carbocycles. The second-order valence-corrected chi connectivity index (χ2v) is 6.77. The van der Waals surface area contributed by atoms with Crippen LogP contribution >= 0.6 is 0 Å². The van der Waals surface area contributed by atoms with E-state index in [1.165, 1.54) is 0 Å². The van der Waals surface area contributed by atoms with Gasteiger partial charge in [-0.2, -0.15) is 5.10 Å². The van der Waals surface area contributed by atoms with Crippen molar-refractivity contribution in [2.75, 3.05) is 13.6 Å². The molecule has 0 fully saturated rings. The van der Waals surface area contributed by atoms with Crippen molar-refractivity contribution in [1.82, 2.24) is 14.7 Å². The summed E-state index contributed by atoms with van der Waals surface area (Å²) in [5.41, 5.74) is 5.09. The number of aryl methyl sites for hydroxylation is 1. The molecule has 1 aliphatic carbocycles. The number of alkyl halides is 1. The Morgan fingerprint density at radius 1 is 1.24 bits per heavy atom. The van der Waals surface area contributed by atoms with Crippen molar-refractivity contribution >= 4 is 5.57 Å². The van der Waals surface area contributed by atoms with E-state index in [0.717, 1.165) is 41.2 Å². The molecule has 1 atom stereocenters. The van der Waals surface area contributed by atoms with E-state index in [-0.39, 0.29) is 0 Å². The molecule has 1 aromatic heterocycles. The fraction of sp³-hybridized carbons (Fsp3) is 0.381. The number of halogens is 1. The van der Waals surface area contributed by atoms with Crippen molar-refractivity contribution in [3.63, 3.8) is 0 Å². The Balaban J connectivity index is 1.87. The number of hydrogen-bond donors (Lipinski definition) is 0. The lowest BCUT2D eigenvalue weighted by molar-refractivity contribution is 0.114. The molecule has 0 saturated carbocycles. The summed E-state index contributed by atoms with van der Waals surface area (Å²) in [5, 5.41) is 4.53. The molecule has 0 saturated heterocycles. The molecule has 0 bridgehead atoms. The average molecular weight is 339 g/mol. The molecule has 0 spiro atoms. The maximum Gasteiger partial charge on any atom is 0.224 e. The minimum Gasteiger partial charge on any atom is -0.302 e. The van der Waals surface area contributed by atoms with E-state index < -0.39 is 5.79 Å². The number of aromatic nitrogens is 2. The van der Waals surface area contributed by atoms with Crippen molar-refractivity contribution in [2.45, 2.75) is 39.5 Å². The molecule has 0 aliphatic heterocycles. The molecule has 3 nitrogen and oxygen atoms in total. The van der Waals surface area contributed by atoms with Gasteiger partial charge < -0.3 is 4.90 Å². The van der Waals surface area contributed by atoms with Gasteiger partial charge in [0.05, 0.1) is 5.69 Å². The summed E-state index contributed by atoms with van der Waals surface area (Å²) in [7, 11) is 2.07. The first-order valence-corrected chi connectivity index (χ1v) is 8.82. The summed E-state index contributed by atoms with van der Waals surface area (Å²) in [6, 6.07) is 10.1. The van der Waals surface area contributed by atoms with Gasteiger partial charge in [-0.05, 0) is 44.7 Å². The molecular formula is C21H26FN3. The summed E-state index contributed by atoms with van der Waals surface area (Å²) in [6.45, 7) is 7.78. The lowest BCUT2D eigenvalue weighted by atomic mass is 9.95. The van der Waals surface area contributed by atoms with Gasteiger partial charge >= 0.3 is 0 Å². The molecule has 1 unspecified atom stereocenters. The highest BCUT2D eigenvalue weighted by Gasteiger charge is 2.33. The highest BCUT2D eigenvalue weighted by atomic mass is 19.1. The highest BCUT2D eigenvalue weighted by Crippen LogP contribution is 2.35. The standard InChI is InChI=1S/C21H26FN3/c1-5-24(4)15-20-16(2)23-25(17(20)3)21(22)13-11-19(12-14-21)18-9-7-6-8-10-18/h6-13H,5,14-15H2,1-4H3. The van der Waals surface area contributed by atoms with Crippen LogP contribution in [0, 0.1) is 13.8 Å². The van der Waals surface area contributed by atoms with E-state index in [1.807, 2.05) is 56.3 Å². The first-order valence-electron chi connectivity index (χ1n) is 8.82. The number of nitrogens with zero attached hydrogens (tertiary/aromatic N) is 3. The topological polar surface area (TPSA) is 21.1 Å². The Labute approximate surface area is 149 Å². The normalized spacial score (nSPS) is 20.2. The molecule has 0 N–H and O–H groups in total. The first-order chi connectivity index (χ1) is 11.9. The van der Waals surface area contributed by atoms with Gasteiger partial charge in [0, 0.05) is 24.2 Å². The Bertz CT molecular complexity index is 804. The van der Waals surface area contributed by atoms with Gasteiger partial charge in [0.1, 0.15) is 0 Å². The van der Waals surface area contributed by atoms with Crippen molar-refractivity contribution in [3.05, 3.63) is 71.1 Å². The van der Waals surface area contributed by atoms with E-state index in [0.29, 0.717) is 6.42 Å². The number of rotatable bonds is 5. The Morgan fingerprint density at radius 3 is 2.56 bits per heavy atom. The van der Waals surface area contributed by atoms with Crippen LogP contribution in [0.4, 0.5) is 4.39 Å². The molecule has 1 heterocycles. The fourth-order valence-electron chi connectivity index (χ4n) is 3.26. The molecule has 0 radical (unpaired) electrons. The van der Waals surface area contributed by atoms with E-state index >= 15 is 4.39 Å². The molecule has 25 heavy (non-hydrogen) atoms. The zero-order valence-electron chi connectivity index (χ0n) is 15.5. The second-order valence-electron chi connectivity index (χ2n) is 6.77. The summed E-state index contributed by atoms with van der Waals surface area (Å²) in [6.07, 6.45) is 5.76. The Kier molecular flexibility index (Phi) is 4.91. The van der Waals surface area contributed by atoms with Crippen LogP contribution in [0.2, 0.25) is 0 Å². The van der Waals surface area contributed by atoms with E-state index in [1.54, 1.807) is 10.8 Å². The predicted molar refractivity (Wildman–Crippen MR) is 101 cm³/mol. The number of allylic oxidation sites excluding steroid dienone is 4. The van der Waals surface area contributed by atoms with E-state index in [2.05, 4.69) is 24.0 Å². The SMILES string of the molecule is CCN(C)Cc1c(C)nn(C2(F)C=CC(c3ccccc3)=CC2)c1C. The monoisotopic (exact) mass is 339 g/mol. The smallest absolute Gasteiger partial charge is 0.224 e. The Hall–Kier alpha value is -2.20. The summed E-state index contributed by atoms with van der Waals surface area (Å²) < 4.78 is 17.2. The van der Waals surface area contributed by atoms with Gasteiger partial charge in [-0.1, -0.05) is 49.4 Å². The van der Waals surface area contributed by atoms with Gasteiger partial charge in [-0.15, -0.1) is 0 Å². The summed E-state index contributed by atoms with van der Waals surface area (Å²) in [5.74, 6) is -1.60. The van der Waals surface area contributed by atoms with Crippen molar-refractivity contribution < 1.29 is 4.39 Å². The van der Waals surface area contributed by atoms with Crippen LogP contribution in [0.1, 0.15) is 35.9 Å². The molecule has 4 heteroatoms. The largest absolute Gasteiger partial charge is 0.302 e. The molecular weight excluding hydrogens is 313 g/mol. The maximum absolute atomic E-state index is 15.6. The van der Waals surface area contributed by atoms with Crippen molar-refractivity contribution in [2.24, 2.45) is 0 Å². The summed E-state index contributed by atoms with van der Waals surface area (Å²) >= 11 is 0. The van der Waals surface area contributed by atoms with Crippen molar-refractivity contribution in [1.29, 1.82) is 0 Å². The second kappa shape index (κ2) is 6.96.